The number of hydrogen-bond donors (Lipinski definition) is 3. The molecule has 2 amide bonds. The third-order valence-electron chi connectivity index (χ3n) is 3.32. The van der Waals surface area contributed by atoms with Crippen molar-refractivity contribution in [2.45, 2.75) is 39.3 Å². The van der Waals surface area contributed by atoms with Gasteiger partial charge in [-0.1, -0.05) is 51.1 Å². The zero-order chi connectivity index (χ0) is 16.6. The quantitative estimate of drug-likeness (QED) is 0.724. The van der Waals surface area contributed by atoms with Gasteiger partial charge in [0.25, 0.3) is 0 Å². The minimum atomic E-state index is -0.290. The van der Waals surface area contributed by atoms with E-state index < -0.39 is 0 Å². The van der Waals surface area contributed by atoms with E-state index in [-0.39, 0.29) is 30.2 Å². The van der Waals surface area contributed by atoms with Crippen molar-refractivity contribution in [2.75, 3.05) is 20.3 Å². The Balaban J connectivity index is 2.47. The summed E-state index contributed by atoms with van der Waals surface area (Å²) in [6.45, 7) is 6.53. The van der Waals surface area contributed by atoms with Crippen molar-refractivity contribution < 1.29 is 14.6 Å². The molecule has 3 N–H and O–H groups in total. The van der Waals surface area contributed by atoms with Crippen molar-refractivity contribution in [3.8, 4) is 0 Å². The molecule has 0 saturated heterocycles. The number of amides is 2. The highest BCUT2D eigenvalue weighted by molar-refractivity contribution is 5.74. The number of urea groups is 1. The fourth-order valence-corrected chi connectivity index (χ4v) is 2.33. The lowest BCUT2D eigenvalue weighted by Gasteiger charge is -2.26. The molecule has 1 aromatic carbocycles. The second-order valence-corrected chi connectivity index (χ2v) is 6.63. The number of rotatable bonds is 7. The first-order chi connectivity index (χ1) is 10.4. The fraction of sp³-hybridized carbons (Fsp3) is 0.588. The van der Waals surface area contributed by atoms with E-state index >= 15 is 0 Å². The molecule has 0 aliphatic heterocycles. The number of aliphatic hydroxyl groups is 1. The zero-order valence-electron chi connectivity index (χ0n) is 13.9. The topological polar surface area (TPSA) is 70.6 Å². The summed E-state index contributed by atoms with van der Waals surface area (Å²) in [5, 5.41) is 15.0. The lowest BCUT2D eigenvalue weighted by molar-refractivity contribution is 0.103. The summed E-state index contributed by atoms with van der Waals surface area (Å²) >= 11 is 0. The average Bonchev–Trinajstić information content (AvgIpc) is 2.47. The zero-order valence-corrected chi connectivity index (χ0v) is 13.9. The molecule has 0 fully saturated rings. The Morgan fingerprint density at radius 1 is 1.27 bits per heavy atom. The molecule has 0 aliphatic rings. The second-order valence-electron chi connectivity index (χ2n) is 6.63. The van der Waals surface area contributed by atoms with Gasteiger partial charge in [0.1, 0.15) is 0 Å². The summed E-state index contributed by atoms with van der Waals surface area (Å²) in [5.74, 6) is 0. The molecule has 0 bridgehead atoms. The van der Waals surface area contributed by atoms with E-state index in [1.807, 2.05) is 30.3 Å². The molecule has 0 radical (unpaired) electrons. The van der Waals surface area contributed by atoms with E-state index in [1.165, 1.54) is 0 Å². The molecule has 0 spiro atoms. The number of benzene rings is 1. The van der Waals surface area contributed by atoms with E-state index in [0.717, 1.165) is 5.56 Å². The minimum Gasteiger partial charge on any atom is -0.394 e. The van der Waals surface area contributed by atoms with Crippen molar-refractivity contribution >= 4 is 6.03 Å². The smallest absolute Gasteiger partial charge is 0.315 e. The molecule has 0 saturated carbocycles. The van der Waals surface area contributed by atoms with Crippen molar-refractivity contribution in [2.24, 2.45) is 5.41 Å². The van der Waals surface area contributed by atoms with Gasteiger partial charge in [0.2, 0.25) is 0 Å². The van der Waals surface area contributed by atoms with Gasteiger partial charge in [0, 0.05) is 13.7 Å². The maximum atomic E-state index is 12.0. The molecule has 0 aromatic heterocycles. The van der Waals surface area contributed by atoms with Gasteiger partial charge >= 0.3 is 6.03 Å². The molecule has 22 heavy (non-hydrogen) atoms. The van der Waals surface area contributed by atoms with Crippen LogP contribution in [0.25, 0.3) is 0 Å². The van der Waals surface area contributed by atoms with Crippen LogP contribution in [0.4, 0.5) is 4.79 Å². The Kier molecular flexibility index (Phi) is 7.35. The van der Waals surface area contributed by atoms with E-state index in [0.29, 0.717) is 13.0 Å². The summed E-state index contributed by atoms with van der Waals surface area (Å²) in [6.07, 6.45) is 0.519. The summed E-state index contributed by atoms with van der Waals surface area (Å²) in [4.78, 5) is 12.0. The van der Waals surface area contributed by atoms with Crippen molar-refractivity contribution in [3.05, 3.63) is 35.9 Å². The first-order valence-electron chi connectivity index (χ1n) is 7.58. The highest BCUT2D eigenvalue weighted by Gasteiger charge is 2.20. The first kappa shape index (κ1) is 18.5. The van der Waals surface area contributed by atoms with Gasteiger partial charge in [0.05, 0.1) is 18.8 Å². The minimum absolute atomic E-state index is 0.0414. The SMILES string of the molecule is COC(CNC(=O)NC(CO)CC(C)(C)C)c1ccccc1. The maximum Gasteiger partial charge on any atom is 0.315 e. The molecule has 2 unspecified atom stereocenters. The number of nitrogens with one attached hydrogen (secondary N) is 2. The number of carbonyl (C=O) groups excluding carboxylic acids is 1. The molecule has 1 aromatic rings. The monoisotopic (exact) mass is 308 g/mol. The number of aliphatic hydroxyl groups excluding tert-OH is 1. The van der Waals surface area contributed by atoms with E-state index in [2.05, 4.69) is 31.4 Å². The molecular weight excluding hydrogens is 280 g/mol. The molecule has 5 heteroatoms. The Labute approximate surface area is 133 Å². The normalized spacial score (nSPS) is 14.2. The lowest BCUT2D eigenvalue weighted by Crippen LogP contribution is -2.46. The van der Waals surface area contributed by atoms with Gasteiger partial charge in [0.15, 0.2) is 0 Å². The third kappa shape index (κ3) is 6.91. The van der Waals surface area contributed by atoms with Gasteiger partial charge in [-0.15, -0.1) is 0 Å². The summed E-state index contributed by atoms with van der Waals surface area (Å²) < 4.78 is 5.41. The molecule has 0 aliphatic carbocycles. The van der Waals surface area contributed by atoms with Crippen LogP contribution in [0.1, 0.15) is 38.9 Å². The van der Waals surface area contributed by atoms with Gasteiger partial charge in [-0.25, -0.2) is 4.79 Å². The van der Waals surface area contributed by atoms with Crippen LogP contribution >= 0.6 is 0 Å². The Morgan fingerprint density at radius 3 is 2.41 bits per heavy atom. The van der Waals surface area contributed by atoms with Crippen molar-refractivity contribution in [1.29, 1.82) is 0 Å². The van der Waals surface area contributed by atoms with Crippen LogP contribution in [0.2, 0.25) is 0 Å². The largest absolute Gasteiger partial charge is 0.394 e. The van der Waals surface area contributed by atoms with Gasteiger partial charge in [-0.05, 0) is 17.4 Å². The lowest BCUT2D eigenvalue weighted by atomic mass is 9.88. The molecule has 0 heterocycles. The fourth-order valence-electron chi connectivity index (χ4n) is 2.33. The Morgan fingerprint density at radius 2 is 1.91 bits per heavy atom. The molecule has 2 atom stereocenters. The molecular formula is C17H28N2O3. The van der Waals surface area contributed by atoms with Crippen LogP contribution in [0.5, 0.6) is 0 Å². The highest BCUT2D eigenvalue weighted by atomic mass is 16.5. The summed E-state index contributed by atoms with van der Waals surface area (Å²) in [6, 6.07) is 9.20. The van der Waals surface area contributed by atoms with Gasteiger partial charge in [-0.3, -0.25) is 0 Å². The van der Waals surface area contributed by atoms with Crippen LogP contribution in [0.3, 0.4) is 0 Å². The van der Waals surface area contributed by atoms with E-state index in [9.17, 15) is 9.90 Å². The van der Waals surface area contributed by atoms with Crippen LogP contribution in [-0.2, 0) is 4.74 Å². The number of hydrogen-bond acceptors (Lipinski definition) is 3. The number of carbonyl (C=O) groups is 1. The van der Waals surface area contributed by atoms with Crippen LogP contribution < -0.4 is 10.6 Å². The van der Waals surface area contributed by atoms with Crippen molar-refractivity contribution in [3.63, 3.8) is 0 Å². The standard InChI is InChI=1S/C17H28N2O3/c1-17(2,3)10-14(12-20)19-16(21)18-11-15(22-4)13-8-6-5-7-9-13/h5-9,14-15,20H,10-12H2,1-4H3,(H2,18,19,21). The van der Waals surface area contributed by atoms with Gasteiger partial charge < -0.3 is 20.5 Å². The summed E-state index contributed by atoms with van der Waals surface area (Å²) in [7, 11) is 1.62. The van der Waals surface area contributed by atoms with Crippen molar-refractivity contribution in [1.82, 2.24) is 10.6 Å². The predicted molar refractivity (Wildman–Crippen MR) is 87.7 cm³/mol. The number of methoxy groups -OCH3 is 1. The number of ether oxygens (including phenoxy) is 1. The molecule has 5 nitrogen and oxygen atoms in total. The molecule has 1 rings (SSSR count). The average molecular weight is 308 g/mol. The van der Waals surface area contributed by atoms with Crippen LogP contribution in [-0.4, -0.2) is 37.4 Å². The Bertz CT molecular complexity index is 443. The second kappa shape index (κ2) is 8.76. The predicted octanol–water partition coefficient (Wildman–Crippen LogP) is 2.47. The van der Waals surface area contributed by atoms with Gasteiger partial charge in [-0.2, -0.15) is 0 Å². The van der Waals surface area contributed by atoms with E-state index in [4.69, 9.17) is 4.74 Å². The van der Waals surface area contributed by atoms with Crippen LogP contribution in [0, 0.1) is 5.41 Å². The Hall–Kier alpha value is -1.59. The first-order valence-corrected chi connectivity index (χ1v) is 7.58. The van der Waals surface area contributed by atoms with E-state index in [1.54, 1.807) is 7.11 Å². The highest BCUT2D eigenvalue weighted by Crippen LogP contribution is 2.20. The van der Waals surface area contributed by atoms with Crippen LogP contribution in [0.15, 0.2) is 30.3 Å². The molecule has 124 valence electrons. The maximum absolute atomic E-state index is 12.0. The third-order valence-corrected chi connectivity index (χ3v) is 3.32. The summed E-state index contributed by atoms with van der Waals surface area (Å²) in [5.41, 5.74) is 1.05.